The van der Waals surface area contributed by atoms with Crippen LogP contribution in [-0.2, 0) is 6.54 Å². The van der Waals surface area contributed by atoms with E-state index in [9.17, 15) is 9.90 Å². The highest BCUT2D eigenvalue weighted by Crippen LogP contribution is 2.33. The van der Waals surface area contributed by atoms with Crippen LogP contribution in [0.25, 0.3) is 0 Å². The van der Waals surface area contributed by atoms with Gasteiger partial charge in [-0.25, -0.2) is 9.78 Å². The number of pyridine rings is 1. The summed E-state index contributed by atoms with van der Waals surface area (Å²) >= 11 is 6.40. The maximum atomic E-state index is 12.1. The standard InChI is InChI=1S/C23H29ClN4O3/c1-16-13-26(14-17-3-4-17)9-10-27(16)22-11-21(20(24)12-25-22)28(23(29)30)15-18-5-7-19(31-2)8-6-18/h5-8,11-12,16-17H,3-4,9-10,13-15H2,1-2H3,(H,29,30). The molecule has 166 valence electrons. The largest absolute Gasteiger partial charge is 0.497 e. The summed E-state index contributed by atoms with van der Waals surface area (Å²) in [5.41, 5.74) is 1.29. The minimum atomic E-state index is -1.06. The van der Waals surface area contributed by atoms with Crippen molar-refractivity contribution >= 4 is 29.2 Å². The highest BCUT2D eigenvalue weighted by atomic mass is 35.5. The molecule has 8 heteroatoms. The van der Waals surface area contributed by atoms with Gasteiger partial charge in [-0.05, 0) is 43.4 Å². The summed E-state index contributed by atoms with van der Waals surface area (Å²) in [6.45, 7) is 6.42. The summed E-state index contributed by atoms with van der Waals surface area (Å²) in [5.74, 6) is 2.37. The van der Waals surface area contributed by atoms with E-state index in [1.165, 1.54) is 24.3 Å². The van der Waals surface area contributed by atoms with Gasteiger partial charge < -0.3 is 14.7 Å². The number of carboxylic acid groups (broad SMARTS) is 1. The summed E-state index contributed by atoms with van der Waals surface area (Å²) in [5, 5.41) is 10.2. The van der Waals surface area contributed by atoms with Crippen LogP contribution in [0.2, 0.25) is 5.02 Å². The number of anilines is 2. The molecule has 1 saturated heterocycles. The van der Waals surface area contributed by atoms with Gasteiger partial charge >= 0.3 is 6.09 Å². The molecule has 1 unspecified atom stereocenters. The molecule has 7 nitrogen and oxygen atoms in total. The molecule has 0 bridgehead atoms. The van der Waals surface area contributed by atoms with Gasteiger partial charge in [-0.2, -0.15) is 0 Å². The average molecular weight is 445 g/mol. The van der Waals surface area contributed by atoms with Gasteiger partial charge in [0.2, 0.25) is 0 Å². The zero-order valence-electron chi connectivity index (χ0n) is 18.0. The van der Waals surface area contributed by atoms with E-state index < -0.39 is 6.09 Å². The Labute approximate surface area is 188 Å². The summed E-state index contributed by atoms with van der Waals surface area (Å²) in [6.07, 6.45) is 3.21. The van der Waals surface area contributed by atoms with Crippen molar-refractivity contribution < 1.29 is 14.6 Å². The van der Waals surface area contributed by atoms with Gasteiger partial charge in [-0.1, -0.05) is 23.7 Å². The minimum Gasteiger partial charge on any atom is -0.497 e. The monoisotopic (exact) mass is 444 g/mol. The molecule has 31 heavy (non-hydrogen) atoms. The van der Waals surface area contributed by atoms with E-state index in [-0.39, 0.29) is 6.54 Å². The van der Waals surface area contributed by atoms with Gasteiger partial charge in [0.25, 0.3) is 0 Å². The van der Waals surface area contributed by atoms with Crippen LogP contribution in [0.3, 0.4) is 0 Å². The van der Waals surface area contributed by atoms with E-state index in [1.54, 1.807) is 19.4 Å². The van der Waals surface area contributed by atoms with Crippen molar-refractivity contribution in [2.45, 2.75) is 32.4 Å². The van der Waals surface area contributed by atoms with Crippen LogP contribution in [0.1, 0.15) is 25.3 Å². The SMILES string of the molecule is COc1ccc(CN(C(=O)O)c2cc(N3CCN(CC4CC4)CC3C)ncc2Cl)cc1. The number of ether oxygens (including phenoxy) is 1. The molecule has 0 spiro atoms. The maximum Gasteiger partial charge on any atom is 0.412 e. The third-order valence-electron chi connectivity index (χ3n) is 6.06. The van der Waals surface area contributed by atoms with E-state index in [4.69, 9.17) is 16.3 Å². The molecule has 1 aliphatic carbocycles. The number of aromatic nitrogens is 1. The Balaban J connectivity index is 1.52. The molecule has 1 atom stereocenters. The zero-order chi connectivity index (χ0) is 22.0. The molecular formula is C23H29ClN4O3. The summed E-state index contributed by atoms with van der Waals surface area (Å²) in [6, 6.07) is 9.44. The summed E-state index contributed by atoms with van der Waals surface area (Å²) in [7, 11) is 1.60. The summed E-state index contributed by atoms with van der Waals surface area (Å²) in [4.78, 5) is 22.7. The second-order valence-corrected chi connectivity index (χ2v) is 8.86. The fraction of sp³-hybridized carbons (Fsp3) is 0.478. The Morgan fingerprint density at radius 1 is 1.29 bits per heavy atom. The third-order valence-corrected chi connectivity index (χ3v) is 6.35. The molecule has 2 heterocycles. The Hall–Kier alpha value is -2.51. The molecule has 1 aromatic carbocycles. The van der Waals surface area contributed by atoms with Gasteiger partial charge in [0.1, 0.15) is 11.6 Å². The first-order chi connectivity index (χ1) is 14.9. The van der Waals surface area contributed by atoms with E-state index in [1.807, 2.05) is 24.3 Å². The number of nitrogens with zero attached hydrogens (tertiary/aromatic N) is 4. The number of hydrogen-bond acceptors (Lipinski definition) is 5. The number of carbonyl (C=O) groups is 1. The van der Waals surface area contributed by atoms with Crippen molar-refractivity contribution in [1.29, 1.82) is 0 Å². The normalized spacial score (nSPS) is 19.3. The van der Waals surface area contributed by atoms with Crippen molar-refractivity contribution in [3.05, 3.63) is 47.1 Å². The lowest BCUT2D eigenvalue weighted by Gasteiger charge is -2.41. The maximum absolute atomic E-state index is 12.1. The fourth-order valence-corrected chi connectivity index (χ4v) is 4.36. The van der Waals surface area contributed by atoms with Crippen LogP contribution >= 0.6 is 11.6 Å². The molecule has 1 amide bonds. The minimum absolute atomic E-state index is 0.188. The number of amides is 1. The number of benzene rings is 1. The lowest BCUT2D eigenvalue weighted by molar-refractivity contribution is 0.201. The molecule has 2 aromatic rings. The molecule has 4 rings (SSSR count). The average Bonchev–Trinajstić information content (AvgIpc) is 3.57. The second kappa shape index (κ2) is 9.32. The van der Waals surface area contributed by atoms with E-state index in [0.29, 0.717) is 16.8 Å². The smallest absolute Gasteiger partial charge is 0.412 e. The first-order valence-corrected chi connectivity index (χ1v) is 11.1. The van der Waals surface area contributed by atoms with Crippen LogP contribution in [0, 0.1) is 5.92 Å². The van der Waals surface area contributed by atoms with Crippen LogP contribution in [0.15, 0.2) is 36.5 Å². The molecule has 1 aromatic heterocycles. The van der Waals surface area contributed by atoms with Gasteiger partial charge in [0.15, 0.2) is 0 Å². The zero-order valence-corrected chi connectivity index (χ0v) is 18.8. The van der Waals surface area contributed by atoms with Crippen molar-refractivity contribution in [2.75, 3.05) is 43.1 Å². The first kappa shape index (κ1) is 21.7. The molecule has 1 aliphatic heterocycles. The Morgan fingerprint density at radius 2 is 2.03 bits per heavy atom. The van der Waals surface area contributed by atoms with Crippen molar-refractivity contribution in [3.63, 3.8) is 0 Å². The lowest BCUT2D eigenvalue weighted by atomic mass is 10.1. The van der Waals surface area contributed by atoms with E-state index in [0.717, 1.165) is 42.7 Å². The van der Waals surface area contributed by atoms with Gasteiger partial charge in [0.05, 0.1) is 30.6 Å². The summed E-state index contributed by atoms with van der Waals surface area (Å²) < 4.78 is 5.18. The predicted octanol–water partition coefficient (Wildman–Crippen LogP) is 4.35. The number of piperazine rings is 1. The topological polar surface area (TPSA) is 69.1 Å². The van der Waals surface area contributed by atoms with Crippen molar-refractivity contribution in [2.24, 2.45) is 5.92 Å². The lowest BCUT2D eigenvalue weighted by Crippen LogP contribution is -2.52. The first-order valence-electron chi connectivity index (χ1n) is 10.7. The van der Waals surface area contributed by atoms with Crippen LogP contribution in [0.4, 0.5) is 16.3 Å². The van der Waals surface area contributed by atoms with E-state index in [2.05, 4.69) is 21.7 Å². The molecule has 2 aliphatic rings. The highest BCUT2D eigenvalue weighted by molar-refractivity contribution is 6.33. The fourth-order valence-electron chi connectivity index (χ4n) is 4.16. The number of methoxy groups -OCH3 is 1. The van der Waals surface area contributed by atoms with Gasteiger partial charge in [-0.15, -0.1) is 0 Å². The molecule has 0 radical (unpaired) electrons. The third kappa shape index (κ3) is 5.22. The number of hydrogen-bond donors (Lipinski definition) is 1. The molecule has 1 N–H and O–H groups in total. The second-order valence-electron chi connectivity index (χ2n) is 8.46. The van der Waals surface area contributed by atoms with Gasteiger partial charge in [0, 0.05) is 38.3 Å². The van der Waals surface area contributed by atoms with Crippen molar-refractivity contribution in [3.8, 4) is 5.75 Å². The van der Waals surface area contributed by atoms with Crippen LogP contribution < -0.4 is 14.5 Å². The number of halogens is 1. The van der Waals surface area contributed by atoms with Gasteiger partial charge in [-0.3, -0.25) is 9.80 Å². The van der Waals surface area contributed by atoms with Crippen LogP contribution in [-0.4, -0.2) is 60.4 Å². The highest BCUT2D eigenvalue weighted by Gasteiger charge is 2.30. The molecule has 1 saturated carbocycles. The Bertz CT molecular complexity index is 920. The van der Waals surface area contributed by atoms with E-state index >= 15 is 0 Å². The quantitative estimate of drug-likeness (QED) is 0.684. The number of rotatable bonds is 7. The van der Waals surface area contributed by atoms with Crippen molar-refractivity contribution in [1.82, 2.24) is 9.88 Å². The molecular weight excluding hydrogens is 416 g/mol. The molecule has 2 fully saturated rings. The Kier molecular flexibility index (Phi) is 6.53. The predicted molar refractivity (Wildman–Crippen MR) is 122 cm³/mol. The Morgan fingerprint density at radius 3 is 2.65 bits per heavy atom. The van der Waals surface area contributed by atoms with Crippen LogP contribution in [0.5, 0.6) is 5.75 Å².